The summed E-state index contributed by atoms with van der Waals surface area (Å²) in [6.45, 7) is 2.17. The summed E-state index contributed by atoms with van der Waals surface area (Å²) in [7, 11) is 0. The van der Waals surface area contributed by atoms with Crippen LogP contribution in [0, 0.1) is 0 Å². The molecular formula is C14H24O. The summed E-state index contributed by atoms with van der Waals surface area (Å²) >= 11 is 0. The van der Waals surface area contributed by atoms with E-state index in [-0.39, 0.29) is 0 Å². The highest BCUT2D eigenvalue weighted by Crippen LogP contribution is 2.07. The topological polar surface area (TPSA) is 17.1 Å². The van der Waals surface area contributed by atoms with Gasteiger partial charge < -0.3 is 0 Å². The molecule has 0 radical (unpaired) electrons. The van der Waals surface area contributed by atoms with Gasteiger partial charge in [0, 0.05) is 0 Å². The van der Waals surface area contributed by atoms with Crippen molar-refractivity contribution in [1.29, 1.82) is 0 Å². The van der Waals surface area contributed by atoms with E-state index in [0.717, 1.165) is 19.1 Å². The predicted octanol–water partition coefficient (Wildman–Crippen LogP) is 4.44. The molecule has 0 aliphatic carbocycles. The molecule has 0 unspecified atom stereocenters. The number of carbonyl (C=O) groups is 1. The van der Waals surface area contributed by atoms with E-state index in [0.29, 0.717) is 0 Å². The first-order valence-electron chi connectivity index (χ1n) is 6.17. The van der Waals surface area contributed by atoms with Crippen LogP contribution in [0.1, 0.15) is 58.3 Å². The fourth-order valence-electron chi connectivity index (χ4n) is 1.49. The summed E-state index contributed by atoms with van der Waals surface area (Å²) in [5.74, 6) is 0. The molecule has 0 saturated carbocycles. The molecule has 0 aromatic heterocycles. The Morgan fingerprint density at radius 2 is 1.40 bits per heavy atom. The first-order chi connectivity index (χ1) is 7.41. The third-order valence-corrected chi connectivity index (χ3v) is 2.36. The molecule has 86 valence electrons. The summed E-state index contributed by atoms with van der Waals surface area (Å²) in [5.41, 5.74) is 0. The number of allylic oxidation sites excluding steroid dienone is 4. The van der Waals surface area contributed by atoms with Crippen LogP contribution in [0.15, 0.2) is 24.3 Å². The molecule has 0 fully saturated rings. The smallest absolute Gasteiger partial charge is 0.142 e. The molecule has 15 heavy (non-hydrogen) atoms. The summed E-state index contributed by atoms with van der Waals surface area (Å²) in [5, 5.41) is 0. The minimum Gasteiger partial charge on any atom is -0.299 e. The lowest BCUT2D eigenvalue weighted by atomic mass is 10.1. The minimum atomic E-state index is 0.847. The van der Waals surface area contributed by atoms with Crippen LogP contribution in [-0.2, 0) is 4.79 Å². The number of hydrogen-bond acceptors (Lipinski definition) is 1. The normalized spacial score (nSPS) is 11.5. The Morgan fingerprint density at radius 1 is 0.800 bits per heavy atom. The maximum Gasteiger partial charge on any atom is 0.142 e. The van der Waals surface area contributed by atoms with Crippen molar-refractivity contribution in [3.63, 3.8) is 0 Å². The summed E-state index contributed by atoms with van der Waals surface area (Å²) in [6.07, 6.45) is 18.9. The van der Waals surface area contributed by atoms with Crippen LogP contribution in [0.4, 0.5) is 0 Å². The lowest BCUT2D eigenvalue weighted by Crippen LogP contribution is -1.78. The average Bonchev–Trinajstić information content (AvgIpc) is 2.26. The van der Waals surface area contributed by atoms with Crippen LogP contribution in [0.2, 0.25) is 0 Å². The molecule has 0 heterocycles. The van der Waals surface area contributed by atoms with Crippen LogP contribution in [0.5, 0.6) is 0 Å². The van der Waals surface area contributed by atoms with Crippen molar-refractivity contribution in [1.82, 2.24) is 0 Å². The van der Waals surface area contributed by atoms with E-state index in [4.69, 9.17) is 0 Å². The third kappa shape index (κ3) is 13.2. The van der Waals surface area contributed by atoms with Crippen molar-refractivity contribution >= 4 is 6.29 Å². The molecule has 0 atom stereocenters. The minimum absolute atomic E-state index is 0.847. The molecule has 0 N–H and O–H groups in total. The quantitative estimate of drug-likeness (QED) is 0.224. The van der Waals surface area contributed by atoms with Crippen LogP contribution in [-0.4, -0.2) is 6.29 Å². The van der Waals surface area contributed by atoms with Crippen LogP contribution in [0.25, 0.3) is 0 Å². The molecule has 0 bridgehead atoms. The van der Waals surface area contributed by atoms with Gasteiger partial charge in [-0.05, 0) is 38.2 Å². The highest BCUT2D eigenvalue weighted by molar-refractivity contribution is 5.64. The number of rotatable bonds is 10. The van der Waals surface area contributed by atoms with E-state index in [1.807, 2.05) is 6.08 Å². The number of carbonyl (C=O) groups excluding carboxylic acids is 1. The number of unbranched alkanes of at least 4 members (excludes halogenated alkanes) is 6. The van der Waals surface area contributed by atoms with Crippen molar-refractivity contribution < 1.29 is 4.79 Å². The molecule has 0 aromatic carbocycles. The third-order valence-electron chi connectivity index (χ3n) is 2.36. The van der Waals surface area contributed by atoms with Gasteiger partial charge in [0.2, 0.25) is 0 Å². The van der Waals surface area contributed by atoms with Crippen molar-refractivity contribution in [2.75, 3.05) is 0 Å². The van der Waals surface area contributed by atoms with Gasteiger partial charge >= 0.3 is 0 Å². The number of aldehydes is 1. The van der Waals surface area contributed by atoms with E-state index >= 15 is 0 Å². The van der Waals surface area contributed by atoms with Crippen molar-refractivity contribution in [2.24, 2.45) is 0 Å². The van der Waals surface area contributed by atoms with E-state index in [1.165, 1.54) is 38.5 Å². The first-order valence-corrected chi connectivity index (χ1v) is 6.17. The van der Waals surface area contributed by atoms with E-state index in [2.05, 4.69) is 19.1 Å². The van der Waals surface area contributed by atoms with Gasteiger partial charge in [-0.3, -0.25) is 4.79 Å². The molecule has 0 saturated heterocycles. The predicted molar refractivity (Wildman–Crippen MR) is 67.0 cm³/mol. The first kappa shape index (κ1) is 14.2. The second-order valence-corrected chi connectivity index (χ2v) is 3.79. The molecule has 0 aromatic rings. The SMILES string of the molecule is CC/C=C/CCCCCCC/C=C\C=O. The van der Waals surface area contributed by atoms with Gasteiger partial charge in [-0.2, -0.15) is 0 Å². The summed E-state index contributed by atoms with van der Waals surface area (Å²) in [6, 6.07) is 0. The molecule has 1 heteroatoms. The Labute approximate surface area is 94.3 Å². The molecule has 1 nitrogen and oxygen atoms in total. The lowest BCUT2D eigenvalue weighted by molar-refractivity contribution is -0.104. The second kappa shape index (κ2) is 13.2. The van der Waals surface area contributed by atoms with Gasteiger partial charge in [-0.1, -0.05) is 44.4 Å². The standard InChI is InChI=1S/C14H24O/c1-2-3-4-5-6-7-8-9-10-11-12-13-14-15/h3-4,12-14H,2,5-11H2,1H3/b4-3+,13-12-. The van der Waals surface area contributed by atoms with Gasteiger partial charge in [-0.15, -0.1) is 0 Å². The maximum atomic E-state index is 9.97. The Bertz CT molecular complexity index is 180. The Balaban J connectivity index is 3.01. The largest absolute Gasteiger partial charge is 0.299 e. The number of hydrogen-bond donors (Lipinski definition) is 0. The average molecular weight is 208 g/mol. The molecule has 0 spiro atoms. The van der Waals surface area contributed by atoms with E-state index < -0.39 is 0 Å². The zero-order valence-electron chi connectivity index (χ0n) is 9.95. The summed E-state index contributed by atoms with van der Waals surface area (Å²) in [4.78, 5) is 9.97. The molecular weight excluding hydrogens is 184 g/mol. The fraction of sp³-hybridized carbons (Fsp3) is 0.643. The summed E-state index contributed by atoms with van der Waals surface area (Å²) < 4.78 is 0. The van der Waals surface area contributed by atoms with Crippen LogP contribution >= 0.6 is 0 Å². The van der Waals surface area contributed by atoms with Gasteiger partial charge in [-0.25, -0.2) is 0 Å². The van der Waals surface area contributed by atoms with Gasteiger partial charge in [0.15, 0.2) is 0 Å². The van der Waals surface area contributed by atoms with Gasteiger partial charge in [0.25, 0.3) is 0 Å². The lowest BCUT2D eigenvalue weighted by Gasteiger charge is -1.97. The zero-order chi connectivity index (χ0) is 11.2. The van der Waals surface area contributed by atoms with Crippen molar-refractivity contribution in [3.8, 4) is 0 Å². The zero-order valence-corrected chi connectivity index (χ0v) is 9.95. The monoisotopic (exact) mass is 208 g/mol. The molecule has 0 amide bonds. The van der Waals surface area contributed by atoms with Crippen LogP contribution in [0.3, 0.4) is 0 Å². The molecule has 0 rings (SSSR count). The maximum absolute atomic E-state index is 9.97. The highest BCUT2D eigenvalue weighted by Gasteiger charge is 1.88. The van der Waals surface area contributed by atoms with Crippen molar-refractivity contribution in [2.45, 2.75) is 58.3 Å². The fourth-order valence-corrected chi connectivity index (χ4v) is 1.49. The Kier molecular flexibility index (Phi) is 12.4. The van der Waals surface area contributed by atoms with E-state index in [1.54, 1.807) is 6.08 Å². The highest BCUT2D eigenvalue weighted by atomic mass is 16.1. The molecule has 0 aliphatic heterocycles. The van der Waals surface area contributed by atoms with Crippen molar-refractivity contribution in [3.05, 3.63) is 24.3 Å². The van der Waals surface area contributed by atoms with Crippen LogP contribution < -0.4 is 0 Å². The van der Waals surface area contributed by atoms with E-state index in [9.17, 15) is 4.79 Å². The Hall–Kier alpha value is -0.850. The second-order valence-electron chi connectivity index (χ2n) is 3.79. The Morgan fingerprint density at radius 3 is 2.00 bits per heavy atom. The molecule has 0 aliphatic rings. The van der Waals surface area contributed by atoms with Gasteiger partial charge in [0.1, 0.15) is 6.29 Å². The van der Waals surface area contributed by atoms with Gasteiger partial charge in [0.05, 0.1) is 0 Å².